The van der Waals surface area contributed by atoms with Crippen LogP contribution in [0.5, 0.6) is 0 Å². The number of amides is 1. The van der Waals surface area contributed by atoms with Crippen LogP contribution < -0.4 is 10.6 Å². The van der Waals surface area contributed by atoms with E-state index in [1.165, 1.54) is 0 Å². The average Bonchev–Trinajstić information content (AvgIpc) is 2.10. The van der Waals surface area contributed by atoms with Gasteiger partial charge in [0, 0.05) is 25.3 Å². The highest BCUT2D eigenvalue weighted by Crippen LogP contribution is 1.89. The van der Waals surface area contributed by atoms with Crippen LogP contribution in [0.15, 0.2) is 0 Å². The van der Waals surface area contributed by atoms with Gasteiger partial charge in [0.25, 0.3) is 0 Å². The summed E-state index contributed by atoms with van der Waals surface area (Å²) in [5.41, 5.74) is 0. The van der Waals surface area contributed by atoms with Crippen molar-refractivity contribution in [2.75, 3.05) is 25.1 Å². The minimum atomic E-state index is -2.98. The Morgan fingerprint density at radius 1 is 1.25 bits per heavy atom. The number of carbonyl (C=O) groups excluding carboxylic acids is 1. The van der Waals surface area contributed by atoms with Crippen molar-refractivity contribution in [3.63, 3.8) is 0 Å². The molecule has 0 aliphatic rings. The van der Waals surface area contributed by atoms with Crippen molar-refractivity contribution in [3.05, 3.63) is 0 Å². The zero-order valence-corrected chi connectivity index (χ0v) is 11.1. The van der Waals surface area contributed by atoms with Crippen LogP contribution in [0.2, 0.25) is 0 Å². The lowest BCUT2D eigenvalue weighted by Gasteiger charge is -2.07. The highest BCUT2D eigenvalue weighted by Gasteiger charge is 2.04. The maximum atomic E-state index is 11.2. The molecule has 0 saturated carbocycles. The Balaban J connectivity index is 3.46. The van der Waals surface area contributed by atoms with E-state index < -0.39 is 9.84 Å². The molecule has 16 heavy (non-hydrogen) atoms. The van der Waals surface area contributed by atoms with Crippen molar-refractivity contribution in [2.24, 2.45) is 0 Å². The number of hydrogen-bond donors (Lipinski definition) is 2. The molecular formula is C10H22N2O3S. The first-order valence-electron chi connectivity index (χ1n) is 5.49. The van der Waals surface area contributed by atoms with E-state index in [1.54, 1.807) is 0 Å². The van der Waals surface area contributed by atoms with Crippen LogP contribution >= 0.6 is 0 Å². The predicted octanol–water partition coefficient (Wildman–Crippen LogP) is -0.0746. The van der Waals surface area contributed by atoms with E-state index in [0.717, 1.165) is 19.2 Å². The SMILES string of the molecule is CC(C)NCCCC(=O)NCCS(C)(=O)=O. The fourth-order valence-corrected chi connectivity index (χ4v) is 1.58. The number of rotatable bonds is 8. The Morgan fingerprint density at radius 3 is 2.38 bits per heavy atom. The molecule has 0 atom stereocenters. The smallest absolute Gasteiger partial charge is 0.220 e. The van der Waals surface area contributed by atoms with E-state index in [2.05, 4.69) is 10.6 Å². The highest BCUT2D eigenvalue weighted by atomic mass is 32.2. The van der Waals surface area contributed by atoms with Gasteiger partial charge in [0.05, 0.1) is 5.75 Å². The summed E-state index contributed by atoms with van der Waals surface area (Å²) in [4.78, 5) is 11.2. The molecule has 0 aromatic rings. The molecule has 5 nitrogen and oxygen atoms in total. The van der Waals surface area contributed by atoms with Gasteiger partial charge in [-0.25, -0.2) is 8.42 Å². The Bertz CT molecular complexity index is 299. The van der Waals surface area contributed by atoms with Crippen molar-refractivity contribution in [3.8, 4) is 0 Å². The van der Waals surface area contributed by atoms with Crippen molar-refractivity contribution in [2.45, 2.75) is 32.7 Å². The molecular weight excluding hydrogens is 228 g/mol. The molecule has 0 unspecified atom stereocenters. The third-order valence-electron chi connectivity index (χ3n) is 1.93. The fraction of sp³-hybridized carbons (Fsp3) is 0.900. The Hall–Kier alpha value is -0.620. The predicted molar refractivity (Wildman–Crippen MR) is 65.1 cm³/mol. The van der Waals surface area contributed by atoms with Crippen LogP contribution in [0.4, 0.5) is 0 Å². The van der Waals surface area contributed by atoms with E-state index in [9.17, 15) is 13.2 Å². The van der Waals surface area contributed by atoms with Crippen LogP contribution in [0.25, 0.3) is 0 Å². The summed E-state index contributed by atoms with van der Waals surface area (Å²) in [5, 5.41) is 5.79. The summed E-state index contributed by atoms with van der Waals surface area (Å²) in [7, 11) is -2.98. The van der Waals surface area contributed by atoms with Gasteiger partial charge in [0.1, 0.15) is 9.84 Å². The first-order valence-corrected chi connectivity index (χ1v) is 7.55. The van der Waals surface area contributed by atoms with Gasteiger partial charge in [-0.15, -0.1) is 0 Å². The lowest BCUT2D eigenvalue weighted by atomic mass is 10.3. The molecule has 0 fully saturated rings. The number of hydrogen-bond acceptors (Lipinski definition) is 4. The first-order chi connectivity index (χ1) is 7.31. The zero-order valence-electron chi connectivity index (χ0n) is 10.2. The standard InChI is InChI=1S/C10H22N2O3S/c1-9(2)11-6-4-5-10(13)12-7-8-16(3,14)15/h9,11H,4-8H2,1-3H3,(H,12,13). The van der Waals surface area contributed by atoms with Gasteiger partial charge < -0.3 is 10.6 Å². The zero-order chi connectivity index (χ0) is 12.6. The fourth-order valence-electron chi connectivity index (χ4n) is 1.10. The molecule has 0 bridgehead atoms. The third kappa shape index (κ3) is 11.5. The summed E-state index contributed by atoms with van der Waals surface area (Å²) < 4.78 is 21.6. The van der Waals surface area contributed by atoms with E-state index in [4.69, 9.17) is 0 Å². The van der Waals surface area contributed by atoms with Gasteiger partial charge >= 0.3 is 0 Å². The van der Waals surface area contributed by atoms with Gasteiger partial charge in [-0.3, -0.25) is 4.79 Å². The molecule has 0 aliphatic carbocycles. The maximum Gasteiger partial charge on any atom is 0.220 e. The second-order valence-corrected chi connectivity index (χ2v) is 6.45. The largest absolute Gasteiger partial charge is 0.355 e. The number of nitrogens with one attached hydrogen (secondary N) is 2. The van der Waals surface area contributed by atoms with Crippen molar-refractivity contribution in [1.82, 2.24) is 10.6 Å². The van der Waals surface area contributed by atoms with Crippen LogP contribution in [0.3, 0.4) is 0 Å². The van der Waals surface area contributed by atoms with E-state index in [0.29, 0.717) is 12.5 Å². The number of sulfone groups is 1. The van der Waals surface area contributed by atoms with Crippen molar-refractivity contribution >= 4 is 15.7 Å². The Labute approximate surface area is 97.9 Å². The molecule has 0 saturated heterocycles. The van der Waals surface area contributed by atoms with Crippen LogP contribution in [0.1, 0.15) is 26.7 Å². The molecule has 6 heteroatoms. The molecule has 0 rings (SSSR count). The van der Waals surface area contributed by atoms with E-state index in [1.807, 2.05) is 13.8 Å². The molecule has 2 N–H and O–H groups in total. The molecule has 0 aromatic heterocycles. The molecule has 0 heterocycles. The van der Waals surface area contributed by atoms with Gasteiger partial charge in [-0.1, -0.05) is 13.8 Å². The lowest BCUT2D eigenvalue weighted by molar-refractivity contribution is -0.121. The molecule has 1 amide bonds. The van der Waals surface area contributed by atoms with Gasteiger partial charge in [-0.05, 0) is 13.0 Å². The first kappa shape index (κ1) is 15.4. The lowest BCUT2D eigenvalue weighted by Crippen LogP contribution is -2.30. The normalized spacial score (nSPS) is 11.8. The molecule has 0 aromatic carbocycles. The van der Waals surface area contributed by atoms with Gasteiger partial charge in [0.15, 0.2) is 0 Å². The summed E-state index contributed by atoms with van der Waals surface area (Å²) in [6, 6.07) is 0.424. The summed E-state index contributed by atoms with van der Waals surface area (Å²) in [5.74, 6) is -0.0857. The third-order valence-corrected chi connectivity index (χ3v) is 2.87. The second-order valence-electron chi connectivity index (χ2n) is 4.19. The molecule has 96 valence electrons. The Kier molecular flexibility index (Phi) is 7.33. The van der Waals surface area contributed by atoms with Gasteiger partial charge in [-0.2, -0.15) is 0 Å². The molecule has 0 aliphatic heterocycles. The summed E-state index contributed by atoms with van der Waals surface area (Å²) in [6.45, 7) is 5.10. The maximum absolute atomic E-state index is 11.2. The van der Waals surface area contributed by atoms with Crippen LogP contribution in [0, 0.1) is 0 Å². The minimum absolute atomic E-state index is 0.00296. The van der Waals surface area contributed by atoms with E-state index in [-0.39, 0.29) is 18.2 Å². The quantitative estimate of drug-likeness (QED) is 0.591. The highest BCUT2D eigenvalue weighted by molar-refractivity contribution is 7.90. The number of carbonyl (C=O) groups is 1. The van der Waals surface area contributed by atoms with Crippen LogP contribution in [-0.2, 0) is 14.6 Å². The Morgan fingerprint density at radius 2 is 1.88 bits per heavy atom. The average molecular weight is 250 g/mol. The molecule has 0 radical (unpaired) electrons. The van der Waals surface area contributed by atoms with E-state index >= 15 is 0 Å². The topological polar surface area (TPSA) is 75.3 Å². The summed E-state index contributed by atoms with van der Waals surface area (Å²) in [6.07, 6.45) is 2.36. The van der Waals surface area contributed by atoms with Crippen molar-refractivity contribution < 1.29 is 13.2 Å². The van der Waals surface area contributed by atoms with Gasteiger partial charge in [0.2, 0.25) is 5.91 Å². The monoisotopic (exact) mass is 250 g/mol. The van der Waals surface area contributed by atoms with Crippen molar-refractivity contribution in [1.29, 1.82) is 0 Å². The molecule has 0 spiro atoms. The second kappa shape index (κ2) is 7.62. The summed E-state index contributed by atoms with van der Waals surface area (Å²) >= 11 is 0. The minimum Gasteiger partial charge on any atom is -0.355 e. The van der Waals surface area contributed by atoms with Crippen LogP contribution in [-0.4, -0.2) is 45.5 Å².